The van der Waals surface area contributed by atoms with Crippen LogP contribution in [0.4, 0.5) is 17.1 Å². The Morgan fingerprint density at radius 1 is 0.323 bits per heavy atom. The molecule has 1 aromatic heterocycles. The maximum absolute atomic E-state index is 2.52. The largest absolute Gasteiger partial charge is 0.311 e. The minimum absolute atomic E-state index is 0.190. The first kappa shape index (κ1) is 38.5. The fraction of sp³-hybridized carbons (Fsp3) is 0.0476. The Labute approximate surface area is 381 Å². The zero-order valence-electron chi connectivity index (χ0n) is 36.5. The molecular formula is C63H46N2. The lowest BCUT2D eigenvalue weighted by Crippen LogP contribution is -2.15. The number of fused-ring (bicyclic) bond motifs is 6. The van der Waals surface area contributed by atoms with E-state index >= 15 is 0 Å². The highest BCUT2D eigenvalue weighted by atomic mass is 15.1. The van der Waals surface area contributed by atoms with E-state index in [1.54, 1.807) is 0 Å². The third-order valence-electron chi connectivity index (χ3n) is 13.6. The number of nitrogens with zero attached hydrogens (tertiary/aromatic N) is 2. The molecule has 10 aromatic carbocycles. The van der Waals surface area contributed by atoms with Crippen molar-refractivity contribution in [2.45, 2.75) is 19.3 Å². The molecule has 0 radical (unpaired) electrons. The highest BCUT2D eigenvalue weighted by Gasteiger charge is 2.38. The summed E-state index contributed by atoms with van der Waals surface area (Å²) in [5, 5.41) is 2.51. The molecule has 0 saturated heterocycles. The van der Waals surface area contributed by atoms with Crippen LogP contribution in [0.1, 0.15) is 25.0 Å². The van der Waals surface area contributed by atoms with Crippen LogP contribution in [-0.4, -0.2) is 4.57 Å². The normalized spacial score (nSPS) is 12.6. The van der Waals surface area contributed by atoms with Gasteiger partial charge in [0.15, 0.2) is 0 Å². The Balaban J connectivity index is 1.01. The number of rotatable bonds is 8. The lowest BCUT2D eigenvalue weighted by molar-refractivity contribution is 0.660. The van der Waals surface area contributed by atoms with Crippen molar-refractivity contribution >= 4 is 38.9 Å². The molecule has 1 heterocycles. The van der Waals surface area contributed by atoms with Gasteiger partial charge in [0.2, 0.25) is 0 Å². The average molecular weight is 831 g/mol. The molecule has 2 heteroatoms. The minimum atomic E-state index is -0.190. The van der Waals surface area contributed by atoms with Gasteiger partial charge in [-0.15, -0.1) is 0 Å². The fourth-order valence-electron chi connectivity index (χ4n) is 10.3. The average Bonchev–Trinajstić information content (AvgIpc) is 3.83. The minimum Gasteiger partial charge on any atom is -0.311 e. The fourth-order valence-corrected chi connectivity index (χ4v) is 10.3. The summed E-state index contributed by atoms with van der Waals surface area (Å²) < 4.78 is 2.52. The molecule has 0 amide bonds. The van der Waals surface area contributed by atoms with Gasteiger partial charge in [0.25, 0.3) is 0 Å². The van der Waals surface area contributed by atoms with Gasteiger partial charge in [-0.3, -0.25) is 0 Å². The lowest BCUT2D eigenvalue weighted by Gasteiger charge is -2.26. The molecule has 0 spiro atoms. The van der Waals surface area contributed by atoms with Crippen LogP contribution < -0.4 is 4.90 Å². The topological polar surface area (TPSA) is 8.17 Å². The molecule has 308 valence electrons. The van der Waals surface area contributed by atoms with E-state index < -0.39 is 0 Å². The highest BCUT2D eigenvalue weighted by Crippen LogP contribution is 2.53. The second kappa shape index (κ2) is 15.6. The van der Waals surface area contributed by atoms with Crippen LogP contribution in [0.5, 0.6) is 0 Å². The number of benzene rings is 10. The van der Waals surface area contributed by atoms with Crippen molar-refractivity contribution in [1.29, 1.82) is 0 Å². The molecule has 1 aliphatic rings. The maximum Gasteiger partial charge on any atom is 0.0549 e. The Morgan fingerprint density at radius 2 is 0.754 bits per heavy atom. The van der Waals surface area contributed by atoms with E-state index in [9.17, 15) is 0 Å². The van der Waals surface area contributed by atoms with Crippen molar-refractivity contribution < 1.29 is 0 Å². The molecule has 0 aliphatic heterocycles. The molecule has 12 rings (SSSR count). The summed E-state index contributed by atoms with van der Waals surface area (Å²) in [5.74, 6) is 0. The van der Waals surface area contributed by atoms with E-state index in [1.807, 2.05) is 0 Å². The molecule has 0 fully saturated rings. The smallest absolute Gasteiger partial charge is 0.0549 e. The second-order valence-electron chi connectivity index (χ2n) is 17.7. The van der Waals surface area contributed by atoms with Crippen LogP contribution in [-0.2, 0) is 5.41 Å². The number of aromatic nitrogens is 1. The zero-order valence-corrected chi connectivity index (χ0v) is 36.5. The summed E-state index contributed by atoms with van der Waals surface area (Å²) >= 11 is 0. The predicted octanol–water partition coefficient (Wildman–Crippen LogP) is 17.2. The zero-order chi connectivity index (χ0) is 43.5. The van der Waals surface area contributed by atoms with E-state index in [-0.39, 0.29) is 5.41 Å². The summed E-state index contributed by atoms with van der Waals surface area (Å²) in [6, 6.07) is 88.7. The predicted molar refractivity (Wildman–Crippen MR) is 275 cm³/mol. The number of hydrogen-bond acceptors (Lipinski definition) is 1. The van der Waals surface area contributed by atoms with Crippen molar-refractivity contribution in [2.24, 2.45) is 0 Å². The summed E-state index contributed by atoms with van der Waals surface area (Å²) in [6.45, 7) is 4.77. The first-order chi connectivity index (χ1) is 32.0. The highest BCUT2D eigenvalue weighted by molar-refractivity contribution is 6.11. The summed E-state index contributed by atoms with van der Waals surface area (Å²) in [7, 11) is 0. The van der Waals surface area contributed by atoms with Crippen LogP contribution in [0.3, 0.4) is 0 Å². The number of para-hydroxylation sites is 1. The van der Waals surface area contributed by atoms with Gasteiger partial charge in [0, 0.05) is 38.8 Å². The third-order valence-corrected chi connectivity index (χ3v) is 13.6. The molecule has 0 bridgehead atoms. The van der Waals surface area contributed by atoms with Gasteiger partial charge < -0.3 is 9.47 Å². The van der Waals surface area contributed by atoms with Gasteiger partial charge in [0.05, 0.1) is 16.7 Å². The molecule has 0 saturated carbocycles. The SMILES string of the molecule is CC1(C)c2ccccc2-c2c(-n3c4ccccc4c4cc(-c5ccccc5)ccc43)cc(-c3ccc(N(c4ccc(-c5ccccc5)cc4)c4ccc(-c5ccccc5)cc4)cc3)cc21. The van der Waals surface area contributed by atoms with Crippen molar-refractivity contribution in [3.8, 4) is 61.3 Å². The maximum atomic E-state index is 2.52. The van der Waals surface area contributed by atoms with Crippen molar-refractivity contribution in [3.63, 3.8) is 0 Å². The van der Waals surface area contributed by atoms with Gasteiger partial charge in [-0.25, -0.2) is 0 Å². The van der Waals surface area contributed by atoms with Gasteiger partial charge >= 0.3 is 0 Å². The van der Waals surface area contributed by atoms with E-state index in [2.05, 4.69) is 266 Å². The molecular weight excluding hydrogens is 785 g/mol. The van der Waals surface area contributed by atoms with Crippen LogP contribution in [0.2, 0.25) is 0 Å². The van der Waals surface area contributed by atoms with Gasteiger partial charge in [-0.05, 0) is 128 Å². The standard InChI is InChI=1S/C63H46N2/c1-63(2)57-24-14-12-23-55(57)62-58(63)41-50(42-61(62)65-59-25-15-13-22-54(59)56-40-49(32-39-60(56)65)45-20-10-5-11-21-45)48-30-37-53(38-31-48)64(51-33-26-46(27-34-51)43-16-6-3-7-17-43)52-35-28-47(29-36-52)44-18-8-4-9-19-44/h3-42H,1-2H3. The summed E-state index contributed by atoms with van der Waals surface area (Å²) in [4.78, 5) is 2.36. The second-order valence-corrected chi connectivity index (χ2v) is 17.7. The molecule has 65 heavy (non-hydrogen) atoms. The summed E-state index contributed by atoms with van der Waals surface area (Å²) in [5.41, 5.74) is 21.7. The lowest BCUT2D eigenvalue weighted by atomic mass is 9.81. The third kappa shape index (κ3) is 6.57. The number of hydrogen-bond donors (Lipinski definition) is 0. The van der Waals surface area contributed by atoms with Gasteiger partial charge in [-0.2, -0.15) is 0 Å². The van der Waals surface area contributed by atoms with Crippen LogP contribution in [0.15, 0.2) is 243 Å². The Morgan fingerprint density at radius 3 is 1.32 bits per heavy atom. The van der Waals surface area contributed by atoms with Crippen LogP contribution in [0, 0.1) is 0 Å². The molecule has 11 aromatic rings. The molecule has 0 N–H and O–H groups in total. The van der Waals surface area contributed by atoms with E-state index in [4.69, 9.17) is 0 Å². The molecule has 1 aliphatic carbocycles. The van der Waals surface area contributed by atoms with Crippen molar-refractivity contribution in [1.82, 2.24) is 4.57 Å². The van der Waals surface area contributed by atoms with E-state index in [1.165, 1.54) is 94.3 Å². The van der Waals surface area contributed by atoms with Crippen molar-refractivity contribution in [3.05, 3.63) is 254 Å². The van der Waals surface area contributed by atoms with Crippen LogP contribution >= 0.6 is 0 Å². The van der Waals surface area contributed by atoms with Crippen LogP contribution in [0.25, 0.3) is 83.1 Å². The van der Waals surface area contributed by atoms with Crippen molar-refractivity contribution in [2.75, 3.05) is 4.90 Å². The van der Waals surface area contributed by atoms with Gasteiger partial charge in [0.1, 0.15) is 0 Å². The molecule has 0 atom stereocenters. The van der Waals surface area contributed by atoms with Gasteiger partial charge in [-0.1, -0.05) is 190 Å². The van der Waals surface area contributed by atoms with E-state index in [0.29, 0.717) is 0 Å². The van der Waals surface area contributed by atoms with E-state index in [0.717, 1.165) is 17.1 Å². The number of anilines is 3. The molecule has 0 unspecified atom stereocenters. The Hall–Kier alpha value is -8.20. The monoisotopic (exact) mass is 830 g/mol. The summed E-state index contributed by atoms with van der Waals surface area (Å²) in [6.07, 6.45) is 0. The first-order valence-electron chi connectivity index (χ1n) is 22.6. The molecule has 2 nitrogen and oxygen atoms in total. The quantitative estimate of drug-likeness (QED) is 0.148. The Kier molecular flexibility index (Phi) is 9.21. The first-order valence-corrected chi connectivity index (χ1v) is 22.6. The Bertz CT molecular complexity index is 3430.